The van der Waals surface area contributed by atoms with Crippen molar-refractivity contribution in [2.75, 3.05) is 13.2 Å². The maximum Gasteiger partial charge on any atom is 0.407 e. The highest BCUT2D eigenvalue weighted by Crippen LogP contribution is 2.06. The van der Waals surface area contributed by atoms with E-state index in [1.165, 1.54) is 0 Å². The molecule has 6 heteroatoms. The van der Waals surface area contributed by atoms with E-state index >= 15 is 0 Å². The normalized spacial score (nSPS) is 21.5. The first-order valence-electron chi connectivity index (χ1n) is 5.35. The topological polar surface area (TPSA) is 90.7 Å². The predicted octanol–water partition coefficient (Wildman–Crippen LogP) is 0.0114. The van der Waals surface area contributed by atoms with Gasteiger partial charge in [-0.05, 0) is 12.3 Å². The molecule has 1 heterocycles. The Bertz CT molecular complexity index is 268. The van der Waals surface area contributed by atoms with Crippen LogP contribution < -0.4 is 11.1 Å². The third-order valence-corrected chi connectivity index (χ3v) is 2.19. The van der Waals surface area contributed by atoms with Crippen LogP contribution in [0.25, 0.3) is 0 Å². The highest BCUT2D eigenvalue weighted by molar-refractivity contribution is 5.75. The lowest BCUT2D eigenvalue weighted by molar-refractivity contribution is -0.148. The van der Waals surface area contributed by atoms with Gasteiger partial charge in [-0.1, -0.05) is 13.8 Å². The number of hydrogen-bond donors (Lipinski definition) is 2. The molecule has 1 aliphatic rings. The van der Waals surface area contributed by atoms with Crippen molar-refractivity contribution in [3.05, 3.63) is 0 Å². The smallest absolute Gasteiger partial charge is 0.407 e. The number of carbonyl (C=O) groups excluding carboxylic acids is 2. The van der Waals surface area contributed by atoms with Crippen LogP contribution in [0.5, 0.6) is 0 Å². The molecule has 0 spiro atoms. The lowest BCUT2D eigenvalue weighted by Gasteiger charge is -2.14. The molecule has 16 heavy (non-hydrogen) atoms. The summed E-state index contributed by atoms with van der Waals surface area (Å²) < 4.78 is 9.76. The van der Waals surface area contributed by atoms with Crippen molar-refractivity contribution in [3.8, 4) is 0 Å². The van der Waals surface area contributed by atoms with Gasteiger partial charge in [0, 0.05) is 0 Å². The molecule has 0 aromatic carbocycles. The number of alkyl carbamates (subject to hydrolysis) is 1. The van der Waals surface area contributed by atoms with E-state index in [1.54, 1.807) is 0 Å². The van der Waals surface area contributed by atoms with Crippen LogP contribution in [0.3, 0.4) is 0 Å². The van der Waals surface area contributed by atoms with Crippen molar-refractivity contribution in [3.63, 3.8) is 0 Å². The van der Waals surface area contributed by atoms with E-state index in [0.29, 0.717) is 18.9 Å². The fraction of sp³-hybridized carbons (Fsp3) is 0.800. The van der Waals surface area contributed by atoms with E-state index in [2.05, 4.69) is 5.32 Å². The number of rotatable bonds is 5. The van der Waals surface area contributed by atoms with Gasteiger partial charge in [0.15, 0.2) is 6.10 Å². The number of cyclic esters (lactones) is 1. The molecule has 1 fully saturated rings. The lowest BCUT2D eigenvalue weighted by Crippen LogP contribution is -2.35. The summed E-state index contributed by atoms with van der Waals surface area (Å²) in [5.41, 5.74) is 5.63. The summed E-state index contributed by atoms with van der Waals surface area (Å²) in [6, 6.07) is -0.606. The van der Waals surface area contributed by atoms with E-state index in [4.69, 9.17) is 15.2 Å². The second-order valence-corrected chi connectivity index (χ2v) is 4.27. The molecule has 0 aliphatic carbocycles. The zero-order valence-electron chi connectivity index (χ0n) is 9.56. The minimum absolute atomic E-state index is 0.0589. The SMILES string of the molecule is CC(C)C[C@H](N)C(=O)OC[C@H]1CNC(=O)O1. The van der Waals surface area contributed by atoms with Crippen LogP contribution >= 0.6 is 0 Å². The maximum absolute atomic E-state index is 11.4. The van der Waals surface area contributed by atoms with Crippen molar-refractivity contribution in [2.24, 2.45) is 11.7 Å². The van der Waals surface area contributed by atoms with Gasteiger partial charge >= 0.3 is 12.1 Å². The third-order valence-electron chi connectivity index (χ3n) is 2.19. The van der Waals surface area contributed by atoms with Crippen LogP contribution in [0.1, 0.15) is 20.3 Å². The van der Waals surface area contributed by atoms with Crippen molar-refractivity contribution < 1.29 is 19.1 Å². The van der Waals surface area contributed by atoms with Gasteiger partial charge in [0.05, 0.1) is 6.54 Å². The molecule has 1 rings (SSSR count). The highest BCUT2D eigenvalue weighted by atomic mass is 16.6. The molecular weight excluding hydrogens is 212 g/mol. The van der Waals surface area contributed by atoms with Crippen LogP contribution in [0.15, 0.2) is 0 Å². The average Bonchev–Trinajstić information content (AvgIpc) is 2.59. The third kappa shape index (κ3) is 4.06. The molecule has 0 bridgehead atoms. The fourth-order valence-corrected chi connectivity index (χ4v) is 1.41. The van der Waals surface area contributed by atoms with E-state index in [1.807, 2.05) is 13.8 Å². The number of ether oxygens (including phenoxy) is 2. The Morgan fingerprint density at radius 2 is 2.38 bits per heavy atom. The van der Waals surface area contributed by atoms with Gasteiger partial charge in [0.2, 0.25) is 0 Å². The Labute approximate surface area is 94.5 Å². The van der Waals surface area contributed by atoms with Crippen LogP contribution in [0, 0.1) is 5.92 Å². The first kappa shape index (κ1) is 12.8. The Hall–Kier alpha value is -1.30. The van der Waals surface area contributed by atoms with Crippen molar-refractivity contribution in [2.45, 2.75) is 32.4 Å². The van der Waals surface area contributed by atoms with Crippen LogP contribution in [-0.4, -0.2) is 37.4 Å². The van der Waals surface area contributed by atoms with E-state index in [0.717, 1.165) is 0 Å². The van der Waals surface area contributed by atoms with Gasteiger partial charge < -0.3 is 20.5 Å². The number of amides is 1. The summed E-state index contributed by atoms with van der Waals surface area (Å²) in [6.07, 6.45) is -0.295. The van der Waals surface area contributed by atoms with Gasteiger partial charge in [-0.3, -0.25) is 4.79 Å². The Balaban J connectivity index is 2.21. The monoisotopic (exact) mass is 230 g/mol. The molecule has 2 atom stereocenters. The Morgan fingerprint density at radius 3 is 2.88 bits per heavy atom. The molecule has 1 saturated heterocycles. The van der Waals surface area contributed by atoms with Crippen LogP contribution in [0.4, 0.5) is 4.79 Å². The molecule has 0 radical (unpaired) electrons. The van der Waals surface area contributed by atoms with E-state index in [-0.39, 0.29) is 6.61 Å². The summed E-state index contributed by atoms with van der Waals surface area (Å²) in [6.45, 7) is 4.39. The summed E-state index contributed by atoms with van der Waals surface area (Å²) >= 11 is 0. The average molecular weight is 230 g/mol. The molecular formula is C10H18N2O4. The fourth-order valence-electron chi connectivity index (χ4n) is 1.41. The molecule has 1 aliphatic heterocycles. The van der Waals surface area contributed by atoms with E-state index < -0.39 is 24.2 Å². The largest absolute Gasteiger partial charge is 0.461 e. The van der Waals surface area contributed by atoms with Gasteiger partial charge in [0.1, 0.15) is 12.6 Å². The minimum atomic E-state index is -0.606. The summed E-state index contributed by atoms with van der Waals surface area (Å²) in [4.78, 5) is 22.1. The summed E-state index contributed by atoms with van der Waals surface area (Å²) in [5, 5.41) is 2.47. The molecule has 0 saturated carbocycles. The highest BCUT2D eigenvalue weighted by Gasteiger charge is 2.25. The number of hydrogen-bond acceptors (Lipinski definition) is 5. The number of nitrogens with one attached hydrogen (secondary N) is 1. The molecule has 0 unspecified atom stereocenters. The molecule has 0 aromatic rings. The number of esters is 1. The molecule has 1 amide bonds. The molecule has 6 nitrogen and oxygen atoms in total. The van der Waals surface area contributed by atoms with E-state index in [9.17, 15) is 9.59 Å². The first-order valence-corrected chi connectivity index (χ1v) is 5.35. The molecule has 92 valence electrons. The van der Waals surface area contributed by atoms with Crippen LogP contribution in [-0.2, 0) is 14.3 Å². The predicted molar refractivity (Wildman–Crippen MR) is 56.7 cm³/mol. The van der Waals surface area contributed by atoms with Crippen molar-refractivity contribution >= 4 is 12.1 Å². The number of nitrogens with two attached hydrogens (primary N) is 1. The van der Waals surface area contributed by atoms with Crippen molar-refractivity contribution in [1.29, 1.82) is 0 Å². The van der Waals surface area contributed by atoms with Crippen molar-refractivity contribution in [1.82, 2.24) is 5.32 Å². The first-order chi connectivity index (χ1) is 7.49. The van der Waals surface area contributed by atoms with Gasteiger partial charge in [-0.2, -0.15) is 0 Å². The second-order valence-electron chi connectivity index (χ2n) is 4.27. The minimum Gasteiger partial charge on any atom is -0.461 e. The lowest BCUT2D eigenvalue weighted by atomic mass is 10.1. The summed E-state index contributed by atoms with van der Waals surface area (Å²) in [7, 11) is 0. The molecule has 0 aromatic heterocycles. The zero-order valence-corrected chi connectivity index (χ0v) is 9.56. The number of carbonyl (C=O) groups is 2. The maximum atomic E-state index is 11.4. The van der Waals surface area contributed by atoms with Gasteiger partial charge in [0.25, 0.3) is 0 Å². The van der Waals surface area contributed by atoms with Gasteiger partial charge in [-0.15, -0.1) is 0 Å². The Morgan fingerprint density at radius 1 is 1.69 bits per heavy atom. The standard InChI is InChI=1S/C10H18N2O4/c1-6(2)3-8(11)9(13)15-5-7-4-12-10(14)16-7/h6-8H,3-5,11H2,1-2H3,(H,12,14)/t7-,8+/m1/s1. The molecule has 3 N–H and O–H groups in total. The Kier molecular flexibility index (Phi) is 4.54. The summed E-state index contributed by atoms with van der Waals surface area (Å²) in [5.74, 6) is -0.106. The quantitative estimate of drug-likeness (QED) is 0.649. The van der Waals surface area contributed by atoms with Gasteiger partial charge in [-0.25, -0.2) is 4.79 Å². The van der Waals surface area contributed by atoms with Crippen LogP contribution in [0.2, 0.25) is 0 Å². The zero-order chi connectivity index (χ0) is 12.1. The second kappa shape index (κ2) is 5.69.